The second kappa shape index (κ2) is 7.36. The van der Waals surface area contributed by atoms with Crippen LogP contribution in [0, 0.1) is 0 Å². The normalized spacial score (nSPS) is 23.6. The number of carbonyl (C=O) groups excluding carboxylic acids is 2. The Labute approximate surface area is 120 Å². The molecule has 21 heavy (non-hydrogen) atoms. The zero-order valence-corrected chi connectivity index (χ0v) is 11.6. The number of methoxy groups -OCH3 is 1. The molecule has 1 heterocycles. The van der Waals surface area contributed by atoms with E-state index >= 15 is 0 Å². The van der Waals surface area contributed by atoms with E-state index in [2.05, 4.69) is 5.32 Å². The maximum atomic E-state index is 11.4. The Morgan fingerprint density at radius 2 is 2.05 bits per heavy atom. The number of ether oxygens (including phenoxy) is 2. The molecule has 1 rings (SSSR count). The van der Waals surface area contributed by atoms with Gasteiger partial charge in [-0.15, -0.1) is 0 Å². The number of hydrogen-bond donors (Lipinski definition) is 5. The van der Waals surface area contributed by atoms with Crippen molar-refractivity contribution >= 4 is 11.9 Å². The molecule has 0 aliphatic carbocycles. The molecule has 1 amide bonds. The Morgan fingerprint density at radius 1 is 1.43 bits per heavy atom. The number of nitrogens with one attached hydrogen (secondary N) is 1. The van der Waals surface area contributed by atoms with Crippen LogP contribution in [0.2, 0.25) is 0 Å². The van der Waals surface area contributed by atoms with E-state index < -0.39 is 48.9 Å². The molecule has 1 aliphatic rings. The Balaban J connectivity index is 2.93. The van der Waals surface area contributed by atoms with Gasteiger partial charge in [0.2, 0.25) is 11.7 Å². The fraction of sp³-hybridized carbons (Fsp3) is 0.667. The molecular weight excluding hydrogens is 286 g/mol. The van der Waals surface area contributed by atoms with Gasteiger partial charge in [0.05, 0.1) is 19.8 Å². The minimum Gasteiger partial charge on any atom is -0.490 e. The lowest BCUT2D eigenvalue weighted by atomic mass is 9.96. The quantitative estimate of drug-likeness (QED) is 0.313. The van der Waals surface area contributed by atoms with Crippen molar-refractivity contribution in [1.82, 2.24) is 5.32 Å². The van der Waals surface area contributed by atoms with Crippen LogP contribution in [0.3, 0.4) is 0 Å². The minimum atomic E-state index is -1.74. The highest BCUT2D eigenvalue weighted by atomic mass is 16.6. The number of rotatable bonds is 7. The Bertz CT molecular complexity index is 423. The summed E-state index contributed by atoms with van der Waals surface area (Å²) in [6, 6.07) is -1.21. The summed E-state index contributed by atoms with van der Waals surface area (Å²) in [7, 11) is 1.25. The fourth-order valence-corrected chi connectivity index (χ4v) is 1.91. The number of aliphatic hydroxyl groups is 4. The lowest BCUT2D eigenvalue weighted by molar-refractivity contribution is -0.149. The summed E-state index contributed by atoms with van der Waals surface area (Å²) in [5.41, 5.74) is 0. The second-order valence-corrected chi connectivity index (χ2v) is 4.56. The number of carbonyl (C=O) groups is 2. The van der Waals surface area contributed by atoms with Crippen molar-refractivity contribution < 1.29 is 39.5 Å². The molecule has 9 heteroatoms. The first-order valence-corrected chi connectivity index (χ1v) is 6.20. The van der Waals surface area contributed by atoms with Gasteiger partial charge in [-0.25, -0.2) is 4.79 Å². The average Bonchev–Trinajstić information content (AvgIpc) is 2.82. The predicted molar refractivity (Wildman–Crippen MR) is 67.7 cm³/mol. The number of esters is 1. The Morgan fingerprint density at radius 3 is 2.48 bits per heavy atom. The van der Waals surface area contributed by atoms with Gasteiger partial charge in [0.25, 0.3) is 0 Å². The van der Waals surface area contributed by atoms with Crippen LogP contribution in [0.4, 0.5) is 0 Å². The monoisotopic (exact) mass is 305 g/mol. The molecule has 1 aliphatic heterocycles. The largest absolute Gasteiger partial charge is 0.490 e. The number of amides is 1. The smallest absolute Gasteiger partial charge is 0.374 e. The molecule has 5 N–H and O–H groups in total. The van der Waals surface area contributed by atoms with Crippen molar-refractivity contribution in [3.63, 3.8) is 0 Å². The van der Waals surface area contributed by atoms with Crippen molar-refractivity contribution in [2.24, 2.45) is 0 Å². The van der Waals surface area contributed by atoms with Crippen molar-refractivity contribution in [1.29, 1.82) is 0 Å². The molecule has 0 saturated carbocycles. The molecule has 0 aromatic rings. The molecule has 0 aromatic carbocycles. The molecule has 5 atom stereocenters. The third kappa shape index (κ3) is 4.14. The van der Waals surface area contributed by atoms with Gasteiger partial charge < -0.3 is 35.2 Å². The van der Waals surface area contributed by atoms with E-state index in [0.717, 1.165) is 0 Å². The van der Waals surface area contributed by atoms with Crippen LogP contribution in [-0.2, 0) is 19.1 Å². The highest BCUT2D eigenvalue weighted by Gasteiger charge is 2.41. The summed E-state index contributed by atoms with van der Waals surface area (Å²) < 4.78 is 9.68. The van der Waals surface area contributed by atoms with Crippen molar-refractivity contribution in [3.8, 4) is 0 Å². The van der Waals surface area contributed by atoms with Crippen LogP contribution in [0.5, 0.6) is 0 Å². The maximum Gasteiger partial charge on any atom is 0.374 e. The van der Waals surface area contributed by atoms with Crippen molar-refractivity contribution in [3.05, 3.63) is 11.8 Å². The zero-order chi connectivity index (χ0) is 16.2. The molecule has 0 spiro atoms. The maximum absolute atomic E-state index is 11.4. The summed E-state index contributed by atoms with van der Waals surface area (Å²) in [6.07, 6.45) is -4.87. The van der Waals surface area contributed by atoms with Gasteiger partial charge in [0.15, 0.2) is 0 Å². The summed E-state index contributed by atoms with van der Waals surface area (Å²) in [5, 5.41) is 40.2. The molecule has 0 unspecified atom stereocenters. The van der Waals surface area contributed by atoms with Gasteiger partial charge in [0.1, 0.15) is 24.4 Å². The second-order valence-electron chi connectivity index (χ2n) is 4.56. The van der Waals surface area contributed by atoms with E-state index in [1.54, 1.807) is 0 Å². The number of cyclic esters (lactones) is 1. The molecule has 120 valence electrons. The average molecular weight is 305 g/mol. The van der Waals surface area contributed by atoms with Gasteiger partial charge in [-0.2, -0.15) is 0 Å². The highest BCUT2D eigenvalue weighted by Crippen LogP contribution is 2.20. The van der Waals surface area contributed by atoms with Gasteiger partial charge >= 0.3 is 5.97 Å². The first-order valence-electron chi connectivity index (χ1n) is 6.20. The van der Waals surface area contributed by atoms with Crippen LogP contribution in [0.25, 0.3) is 0 Å². The molecule has 0 saturated heterocycles. The van der Waals surface area contributed by atoms with Crippen LogP contribution >= 0.6 is 0 Å². The molecule has 0 fully saturated rings. The summed E-state index contributed by atoms with van der Waals surface area (Å²) in [6.45, 7) is 0.390. The van der Waals surface area contributed by atoms with E-state index in [9.17, 15) is 24.9 Å². The predicted octanol–water partition coefficient (Wildman–Crippen LogP) is -2.98. The first-order chi connectivity index (χ1) is 9.81. The first kappa shape index (κ1) is 17.4. The van der Waals surface area contributed by atoms with Crippen LogP contribution in [0.15, 0.2) is 11.8 Å². The van der Waals surface area contributed by atoms with Crippen molar-refractivity contribution in [2.45, 2.75) is 37.4 Å². The Hall–Kier alpha value is -1.68. The third-order valence-corrected chi connectivity index (χ3v) is 3.00. The van der Waals surface area contributed by atoms with E-state index in [-0.39, 0.29) is 5.76 Å². The minimum absolute atomic E-state index is 0.0975. The van der Waals surface area contributed by atoms with Gasteiger partial charge in [-0.05, 0) is 0 Å². The number of aliphatic hydroxyl groups excluding tert-OH is 4. The van der Waals surface area contributed by atoms with E-state index in [1.165, 1.54) is 20.1 Å². The highest BCUT2D eigenvalue weighted by molar-refractivity contribution is 5.89. The van der Waals surface area contributed by atoms with Crippen molar-refractivity contribution in [2.75, 3.05) is 13.7 Å². The van der Waals surface area contributed by atoms with Crippen LogP contribution in [0.1, 0.15) is 6.92 Å². The topological polar surface area (TPSA) is 146 Å². The van der Waals surface area contributed by atoms with E-state index in [1.807, 2.05) is 0 Å². The molecule has 0 aromatic heterocycles. The lowest BCUT2D eigenvalue weighted by Gasteiger charge is -2.31. The van der Waals surface area contributed by atoms with Gasteiger partial charge in [0, 0.05) is 13.0 Å². The van der Waals surface area contributed by atoms with Crippen LogP contribution < -0.4 is 5.32 Å². The van der Waals surface area contributed by atoms with E-state index in [0.29, 0.717) is 0 Å². The summed E-state index contributed by atoms with van der Waals surface area (Å²) in [4.78, 5) is 22.6. The Kier molecular flexibility index (Phi) is 6.09. The van der Waals surface area contributed by atoms with Crippen LogP contribution in [-0.4, -0.2) is 76.5 Å². The van der Waals surface area contributed by atoms with Gasteiger partial charge in [-0.1, -0.05) is 0 Å². The molecule has 9 nitrogen and oxygen atoms in total. The molecule has 0 bridgehead atoms. The molecule has 0 radical (unpaired) electrons. The molecular formula is C12H19NO8. The van der Waals surface area contributed by atoms with Gasteiger partial charge in [-0.3, -0.25) is 4.79 Å². The third-order valence-electron chi connectivity index (χ3n) is 3.00. The summed E-state index contributed by atoms with van der Waals surface area (Å²) >= 11 is 0. The zero-order valence-electron chi connectivity index (χ0n) is 11.6. The van der Waals surface area contributed by atoms with E-state index in [4.69, 9.17) is 14.6 Å². The number of hydrogen-bond acceptors (Lipinski definition) is 8. The summed E-state index contributed by atoms with van der Waals surface area (Å²) in [5.74, 6) is -1.41. The SMILES string of the molecule is COC1=C[C@H]([C@@H](NC(C)=O)[C@@H](O)[C@H](O)[C@@H](O)CO)OC1=O. The standard InChI is InChI=1S/C12H19NO8/c1-5(15)13-9(11(18)10(17)6(16)4-14)7-3-8(20-2)12(19)21-7/h3,6-7,9-11,14,16-18H,4H2,1-2H3,(H,13,15)/t6-,7+,9+,10+,11+/m0/s1. The fourth-order valence-electron chi connectivity index (χ4n) is 1.91. The lowest BCUT2D eigenvalue weighted by Crippen LogP contribution is -2.57.